The lowest BCUT2D eigenvalue weighted by Crippen LogP contribution is -2.17. The molecule has 0 atom stereocenters. The van der Waals surface area contributed by atoms with Crippen LogP contribution in [0.2, 0.25) is 0 Å². The second-order valence-corrected chi connectivity index (χ2v) is 6.11. The minimum Gasteiger partial charge on any atom is -0.494 e. The second-order valence-electron chi connectivity index (χ2n) is 6.11. The van der Waals surface area contributed by atoms with E-state index in [4.69, 9.17) is 9.84 Å². The summed E-state index contributed by atoms with van der Waals surface area (Å²) < 4.78 is 5.82. The van der Waals surface area contributed by atoms with E-state index >= 15 is 0 Å². The summed E-state index contributed by atoms with van der Waals surface area (Å²) in [6.07, 6.45) is 4.65. The highest BCUT2D eigenvalue weighted by molar-refractivity contribution is 5.66. The Morgan fingerprint density at radius 3 is 2.56 bits per heavy atom. The Morgan fingerprint density at radius 2 is 1.76 bits per heavy atom. The normalized spacial score (nSPS) is 10.6. The maximum absolute atomic E-state index is 10.5. The number of carbonyl (C=O) groups is 1. The monoisotopic (exact) mass is 341 g/mol. The van der Waals surface area contributed by atoms with Crippen LogP contribution in [-0.2, 0) is 17.8 Å². The molecule has 2 rings (SSSR count). The number of nitrogens with one attached hydrogen (secondary N) is 1. The van der Waals surface area contributed by atoms with Gasteiger partial charge in [-0.15, -0.1) is 0 Å². The molecule has 0 heterocycles. The molecule has 0 aliphatic carbocycles. The number of hydrogen-bond donors (Lipinski definition) is 2. The summed E-state index contributed by atoms with van der Waals surface area (Å²) in [5.41, 5.74) is 2.50. The van der Waals surface area contributed by atoms with E-state index in [-0.39, 0.29) is 6.42 Å². The molecule has 0 aliphatic heterocycles. The fourth-order valence-corrected chi connectivity index (χ4v) is 2.62. The summed E-state index contributed by atoms with van der Waals surface area (Å²) in [7, 11) is 0. The van der Waals surface area contributed by atoms with Crippen molar-refractivity contribution in [3.05, 3.63) is 65.7 Å². The molecule has 0 radical (unpaired) electrons. The minimum atomic E-state index is -0.781. The average molecular weight is 341 g/mol. The Morgan fingerprint density at radius 1 is 0.960 bits per heavy atom. The highest BCUT2D eigenvalue weighted by atomic mass is 16.5. The third kappa shape index (κ3) is 8.36. The SMILES string of the molecule is O=C(O)CCNCc1cccc(OCCCCCc2ccccc2)c1. The molecule has 134 valence electrons. The Kier molecular flexibility index (Phi) is 8.56. The fraction of sp³-hybridized carbons (Fsp3) is 0.381. The van der Waals surface area contributed by atoms with Crippen molar-refractivity contribution >= 4 is 5.97 Å². The fourth-order valence-electron chi connectivity index (χ4n) is 2.62. The van der Waals surface area contributed by atoms with Gasteiger partial charge in [0.2, 0.25) is 0 Å². The van der Waals surface area contributed by atoms with Gasteiger partial charge in [0.05, 0.1) is 13.0 Å². The van der Waals surface area contributed by atoms with Crippen molar-refractivity contribution in [2.45, 2.75) is 38.6 Å². The van der Waals surface area contributed by atoms with Crippen molar-refractivity contribution in [1.29, 1.82) is 0 Å². The summed E-state index contributed by atoms with van der Waals surface area (Å²) in [6, 6.07) is 18.5. The van der Waals surface area contributed by atoms with Crippen LogP contribution in [0.15, 0.2) is 54.6 Å². The first-order valence-corrected chi connectivity index (χ1v) is 8.92. The van der Waals surface area contributed by atoms with E-state index in [0.29, 0.717) is 13.1 Å². The molecular formula is C21H27NO3. The van der Waals surface area contributed by atoms with E-state index in [0.717, 1.165) is 37.2 Å². The number of aliphatic carboxylic acids is 1. The van der Waals surface area contributed by atoms with Crippen molar-refractivity contribution in [3.63, 3.8) is 0 Å². The predicted molar refractivity (Wildman–Crippen MR) is 99.9 cm³/mol. The molecular weight excluding hydrogens is 314 g/mol. The summed E-state index contributed by atoms with van der Waals surface area (Å²) in [5.74, 6) is 0.0949. The molecule has 0 fully saturated rings. The molecule has 2 N–H and O–H groups in total. The van der Waals surface area contributed by atoms with Crippen LogP contribution in [-0.4, -0.2) is 24.2 Å². The molecule has 0 saturated carbocycles. The molecule has 0 bridgehead atoms. The molecule has 2 aromatic rings. The van der Waals surface area contributed by atoms with Crippen LogP contribution in [0.25, 0.3) is 0 Å². The van der Waals surface area contributed by atoms with Crippen LogP contribution < -0.4 is 10.1 Å². The molecule has 0 aliphatic rings. The van der Waals surface area contributed by atoms with Gasteiger partial charge in [0.15, 0.2) is 0 Å². The summed E-state index contributed by atoms with van der Waals surface area (Å²) in [6.45, 7) is 1.86. The maximum Gasteiger partial charge on any atom is 0.304 e. The van der Waals surface area contributed by atoms with E-state index in [9.17, 15) is 4.79 Å². The lowest BCUT2D eigenvalue weighted by atomic mass is 10.1. The molecule has 0 amide bonds. The summed E-state index contributed by atoms with van der Waals surface area (Å²) >= 11 is 0. The zero-order chi connectivity index (χ0) is 17.7. The van der Waals surface area contributed by atoms with Crippen LogP contribution in [0, 0.1) is 0 Å². The Balaban J connectivity index is 1.59. The smallest absolute Gasteiger partial charge is 0.304 e. The Hall–Kier alpha value is -2.33. The standard InChI is InChI=1S/C21H27NO3/c23-21(24)13-14-22-17-19-11-7-12-20(16-19)25-15-6-2-5-10-18-8-3-1-4-9-18/h1,3-4,7-9,11-12,16,22H,2,5-6,10,13-15,17H2,(H,23,24). The number of aryl methyl sites for hydroxylation is 1. The molecule has 2 aromatic carbocycles. The van der Waals surface area contributed by atoms with Crippen molar-refractivity contribution in [3.8, 4) is 5.75 Å². The van der Waals surface area contributed by atoms with Gasteiger partial charge in [-0.05, 0) is 48.9 Å². The molecule has 0 saturated heterocycles. The van der Waals surface area contributed by atoms with Crippen molar-refractivity contribution < 1.29 is 14.6 Å². The zero-order valence-electron chi connectivity index (χ0n) is 14.6. The quantitative estimate of drug-likeness (QED) is 0.572. The lowest BCUT2D eigenvalue weighted by Gasteiger charge is -2.09. The highest BCUT2D eigenvalue weighted by Crippen LogP contribution is 2.14. The number of ether oxygens (including phenoxy) is 1. The van der Waals surface area contributed by atoms with Crippen molar-refractivity contribution in [2.75, 3.05) is 13.2 Å². The van der Waals surface area contributed by atoms with Gasteiger partial charge in [-0.2, -0.15) is 0 Å². The largest absolute Gasteiger partial charge is 0.494 e. The summed E-state index contributed by atoms with van der Waals surface area (Å²) in [4.78, 5) is 10.5. The molecule has 0 spiro atoms. The van der Waals surface area contributed by atoms with Gasteiger partial charge in [0.1, 0.15) is 5.75 Å². The molecule has 0 unspecified atom stereocenters. The van der Waals surface area contributed by atoms with Crippen LogP contribution >= 0.6 is 0 Å². The molecule has 4 heteroatoms. The van der Waals surface area contributed by atoms with Gasteiger partial charge in [-0.1, -0.05) is 42.5 Å². The van der Waals surface area contributed by atoms with Gasteiger partial charge in [-0.3, -0.25) is 4.79 Å². The third-order valence-electron chi connectivity index (χ3n) is 3.96. The lowest BCUT2D eigenvalue weighted by molar-refractivity contribution is -0.136. The first-order valence-electron chi connectivity index (χ1n) is 8.92. The van der Waals surface area contributed by atoms with Gasteiger partial charge in [0, 0.05) is 13.1 Å². The van der Waals surface area contributed by atoms with Crippen LogP contribution in [0.4, 0.5) is 0 Å². The molecule has 4 nitrogen and oxygen atoms in total. The van der Waals surface area contributed by atoms with Crippen LogP contribution in [0.3, 0.4) is 0 Å². The number of unbranched alkanes of at least 4 members (excludes halogenated alkanes) is 2. The van der Waals surface area contributed by atoms with Gasteiger partial charge >= 0.3 is 5.97 Å². The molecule has 0 aromatic heterocycles. The van der Waals surface area contributed by atoms with Crippen molar-refractivity contribution in [2.24, 2.45) is 0 Å². The van der Waals surface area contributed by atoms with Crippen LogP contribution in [0.1, 0.15) is 36.8 Å². The third-order valence-corrected chi connectivity index (χ3v) is 3.96. The Labute approximate surface area is 149 Å². The van der Waals surface area contributed by atoms with Gasteiger partial charge in [0.25, 0.3) is 0 Å². The summed E-state index contributed by atoms with van der Waals surface area (Å²) in [5, 5.41) is 11.7. The van der Waals surface area contributed by atoms with E-state index in [2.05, 4.69) is 29.6 Å². The van der Waals surface area contributed by atoms with E-state index < -0.39 is 5.97 Å². The van der Waals surface area contributed by atoms with Crippen LogP contribution in [0.5, 0.6) is 5.75 Å². The second kappa shape index (κ2) is 11.3. The van der Waals surface area contributed by atoms with Gasteiger partial charge < -0.3 is 15.2 Å². The maximum atomic E-state index is 10.5. The first kappa shape index (κ1) is 19.0. The van der Waals surface area contributed by atoms with E-state index in [1.807, 2.05) is 30.3 Å². The minimum absolute atomic E-state index is 0.138. The number of benzene rings is 2. The highest BCUT2D eigenvalue weighted by Gasteiger charge is 2.00. The van der Waals surface area contributed by atoms with E-state index in [1.165, 1.54) is 12.0 Å². The number of carboxylic acids is 1. The van der Waals surface area contributed by atoms with E-state index in [1.54, 1.807) is 0 Å². The Bertz CT molecular complexity index is 628. The first-order chi connectivity index (χ1) is 12.2. The number of hydrogen-bond acceptors (Lipinski definition) is 3. The molecule has 25 heavy (non-hydrogen) atoms. The number of carboxylic acid groups (broad SMARTS) is 1. The predicted octanol–water partition coefficient (Wildman–Crippen LogP) is 4.04. The van der Waals surface area contributed by atoms with Crippen molar-refractivity contribution in [1.82, 2.24) is 5.32 Å². The number of rotatable bonds is 12. The topological polar surface area (TPSA) is 58.6 Å². The average Bonchev–Trinajstić information content (AvgIpc) is 2.63. The zero-order valence-corrected chi connectivity index (χ0v) is 14.6. The van der Waals surface area contributed by atoms with Gasteiger partial charge in [-0.25, -0.2) is 0 Å².